The van der Waals surface area contributed by atoms with Crippen LogP contribution < -0.4 is 4.74 Å². The quantitative estimate of drug-likeness (QED) is 0.488. The molecule has 148 valence electrons. The first-order valence-electron chi connectivity index (χ1n) is 8.17. The number of benzene rings is 1. The molecule has 0 spiro atoms. The maximum Gasteiger partial charge on any atom is 0.331 e. The molecule has 2 rings (SSSR count). The van der Waals surface area contributed by atoms with Gasteiger partial charge in [0.05, 0.1) is 13.2 Å². The topological polar surface area (TPSA) is 132 Å². The molecule has 0 aliphatic carbocycles. The second-order valence-electron chi connectivity index (χ2n) is 5.96. The van der Waals surface area contributed by atoms with Crippen LogP contribution in [-0.2, 0) is 23.8 Å². The van der Waals surface area contributed by atoms with Crippen LogP contribution in [-0.4, -0.2) is 65.1 Å². The zero-order chi connectivity index (χ0) is 20.1. The lowest BCUT2D eigenvalue weighted by Crippen LogP contribution is -2.59. The summed E-state index contributed by atoms with van der Waals surface area (Å²) in [6, 6.07) is 4.45. The molecule has 0 bridgehead atoms. The van der Waals surface area contributed by atoms with Gasteiger partial charge in [0, 0.05) is 13.0 Å². The van der Waals surface area contributed by atoms with Crippen LogP contribution in [0.5, 0.6) is 11.5 Å². The van der Waals surface area contributed by atoms with E-state index < -0.39 is 42.6 Å². The Morgan fingerprint density at radius 1 is 1.19 bits per heavy atom. The van der Waals surface area contributed by atoms with Gasteiger partial charge in [-0.15, -0.1) is 0 Å². The fourth-order valence-corrected chi connectivity index (χ4v) is 2.59. The van der Waals surface area contributed by atoms with Gasteiger partial charge in [0.2, 0.25) is 0 Å². The van der Waals surface area contributed by atoms with E-state index in [1.165, 1.54) is 32.2 Å². The second kappa shape index (κ2) is 8.85. The normalized spacial score (nSPS) is 28.0. The Balaban J connectivity index is 2.10. The summed E-state index contributed by atoms with van der Waals surface area (Å²) < 4.78 is 20.2. The molecule has 3 N–H and O–H groups in total. The van der Waals surface area contributed by atoms with Crippen molar-refractivity contribution in [2.45, 2.75) is 44.6 Å². The molecule has 1 aliphatic rings. The summed E-state index contributed by atoms with van der Waals surface area (Å²) in [7, 11) is 1.39. The van der Waals surface area contributed by atoms with Crippen LogP contribution in [0.4, 0.5) is 0 Å². The van der Waals surface area contributed by atoms with Crippen LogP contribution in [0.2, 0.25) is 0 Å². The Morgan fingerprint density at radius 3 is 2.52 bits per heavy atom. The molecule has 0 radical (unpaired) electrons. The van der Waals surface area contributed by atoms with Gasteiger partial charge in [-0.05, 0) is 30.7 Å². The number of carbonyl (C=O) groups excluding carboxylic acids is 2. The molecule has 27 heavy (non-hydrogen) atoms. The number of phenols is 1. The SMILES string of the molecule is COc1cc(/C=C/C(=O)O[C@@H]2[C@H](OC(C)=O)[C@H](O)[C@@H](C)O[C@H]2O)ccc1O. The molecule has 5 atom stereocenters. The molecule has 0 amide bonds. The molecule has 0 aromatic heterocycles. The van der Waals surface area contributed by atoms with Crippen LogP contribution in [0, 0.1) is 0 Å². The highest BCUT2D eigenvalue weighted by atomic mass is 16.7. The van der Waals surface area contributed by atoms with Gasteiger partial charge in [-0.1, -0.05) is 6.07 Å². The van der Waals surface area contributed by atoms with E-state index in [1.807, 2.05) is 0 Å². The van der Waals surface area contributed by atoms with Gasteiger partial charge in [0.15, 0.2) is 30.0 Å². The summed E-state index contributed by atoms with van der Waals surface area (Å²) >= 11 is 0. The third kappa shape index (κ3) is 5.19. The van der Waals surface area contributed by atoms with Crippen LogP contribution in [0.1, 0.15) is 19.4 Å². The van der Waals surface area contributed by atoms with Gasteiger partial charge >= 0.3 is 11.9 Å². The average molecular weight is 382 g/mol. The minimum atomic E-state index is -1.57. The van der Waals surface area contributed by atoms with Crippen LogP contribution in [0.3, 0.4) is 0 Å². The number of aliphatic hydroxyl groups is 2. The van der Waals surface area contributed by atoms with Gasteiger partial charge in [-0.2, -0.15) is 0 Å². The van der Waals surface area contributed by atoms with Crippen molar-refractivity contribution in [2.75, 3.05) is 7.11 Å². The lowest BCUT2D eigenvalue weighted by atomic mass is 9.99. The van der Waals surface area contributed by atoms with Gasteiger partial charge in [0.25, 0.3) is 0 Å². The second-order valence-corrected chi connectivity index (χ2v) is 5.96. The van der Waals surface area contributed by atoms with Crippen LogP contribution in [0.25, 0.3) is 6.08 Å². The number of phenolic OH excluding ortho intramolecular Hbond substituents is 1. The molecule has 1 fully saturated rings. The Morgan fingerprint density at radius 2 is 1.89 bits per heavy atom. The standard InChI is InChI=1S/C18H22O9/c1-9-15(22)16(26-10(2)19)17(18(23)25-9)27-14(21)7-5-11-4-6-12(20)13(8-11)24-3/h4-9,15-18,20,22-23H,1-3H3/b7-5+/t9-,15-,16-,17-,18-/m1/s1. The van der Waals surface area contributed by atoms with Crippen molar-refractivity contribution in [3.05, 3.63) is 29.8 Å². The van der Waals surface area contributed by atoms with Crippen molar-refractivity contribution in [3.63, 3.8) is 0 Å². The highest BCUT2D eigenvalue weighted by molar-refractivity contribution is 5.87. The Bertz CT molecular complexity index is 715. The van der Waals surface area contributed by atoms with Crippen LogP contribution >= 0.6 is 0 Å². The number of hydrogen-bond donors (Lipinski definition) is 3. The molecule has 0 saturated carbocycles. The van der Waals surface area contributed by atoms with Crippen molar-refractivity contribution in [1.29, 1.82) is 0 Å². The predicted octanol–water partition coefficient (Wildman–Crippen LogP) is 0.355. The minimum absolute atomic E-state index is 0.0490. The summed E-state index contributed by atoms with van der Waals surface area (Å²) in [4.78, 5) is 23.4. The van der Waals surface area contributed by atoms with Crippen molar-refractivity contribution >= 4 is 18.0 Å². The molecule has 1 aromatic rings. The van der Waals surface area contributed by atoms with E-state index in [2.05, 4.69) is 0 Å². The highest BCUT2D eigenvalue weighted by Crippen LogP contribution is 2.27. The van der Waals surface area contributed by atoms with Crippen molar-refractivity contribution in [2.24, 2.45) is 0 Å². The highest BCUT2D eigenvalue weighted by Gasteiger charge is 2.47. The minimum Gasteiger partial charge on any atom is -0.504 e. The van der Waals surface area contributed by atoms with E-state index in [0.29, 0.717) is 5.56 Å². The molecule has 9 heteroatoms. The van der Waals surface area contributed by atoms with Crippen molar-refractivity contribution in [1.82, 2.24) is 0 Å². The fourth-order valence-electron chi connectivity index (χ4n) is 2.59. The molecule has 1 aliphatic heterocycles. The predicted molar refractivity (Wildman–Crippen MR) is 91.7 cm³/mol. The number of aromatic hydroxyl groups is 1. The maximum absolute atomic E-state index is 12.1. The van der Waals surface area contributed by atoms with Crippen molar-refractivity contribution in [3.8, 4) is 11.5 Å². The summed E-state index contributed by atoms with van der Waals surface area (Å²) in [5.41, 5.74) is 0.548. The molecular formula is C18H22O9. The molecule has 9 nitrogen and oxygen atoms in total. The number of ether oxygens (including phenoxy) is 4. The summed E-state index contributed by atoms with van der Waals surface area (Å²) in [6.07, 6.45) is -3.86. The van der Waals surface area contributed by atoms with E-state index in [1.54, 1.807) is 6.07 Å². The first kappa shape index (κ1) is 20.7. The zero-order valence-electron chi connectivity index (χ0n) is 15.1. The zero-order valence-corrected chi connectivity index (χ0v) is 15.1. The Kier molecular flexibility index (Phi) is 6.78. The van der Waals surface area contributed by atoms with Crippen LogP contribution in [0.15, 0.2) is 24.3 Å². The molecule has 1 aromatic carbocycles. The van der Waals surface area contributed by atoms with E-state index in [-0.39, 0.29) is 11.5 Å². The maximum atomic E-state index is 12.1. The number of carbonyl (C=O) groups is 2. The van der Waals surface area contributed by atoms with Gasteiger partial charge in [-0.3, -0.25) is 4.79 Å². The van der Waals surface area contributed by atoms with E-state index in [4.69, 9.17) is 18.9 Å². The smallest absolute Gasteiger partial charge is 0.331 e. The first-order valence-corrected chi connectivity index (χ1v) is 8.17. The number of esters is 2. The Labute approximate surface area is 155 Å². The summed E-state index contributed by atoms with van der Waals surface area (Å²) in [6.45, 7) is 2.62. The third-order valence-corrected chi connectivity index (χ3v) is 3.95. The van der Waals surface area contributed by atoms with E-state index in [0.717, 1.165) is 13.0 Å². The number of aliphatic hydroxyl groups excluding tert-OH is 2. The lowest BCUT2D eigenvalue weighted by molar-refractivity contribution is -0.284. The fraction of sp³-hybridized carbons (Fsp3) is 0.444. The molecule has 1 saturated heterocycles. The lowest BCUT2D eigenvalue weighted by Gasteiger charge is -2.40. The van der Waals surface area contributed by atoms with Crippen molar-refractivity contribution < 1.29 is 43.9 Å². The third-order valence-electron chi connectivity index (χ3n) is 3.95. The number of hydrogen-bond acceptors (Lipinski definition) is 9. The number of methoxy groups -OCH3 is 1. The number of rotatable bonds is 5. The Hall–Kier alpha value is -2.62. The summed E-state index contributed by atoms with van der Waals surface area (Å²) in [5.74, 6) is -1.37. The van der Waals surface area contributed by atoms with Gasteiger partial charge in [-0.25, -0.2) is 4.79 Å². The van der Waals surface area contributed by atoms with Gasteiger partial charge < -0.3 is 34.3 Å². The van der Waals surface area contributed by atoms with Gasteiger partial charge in [0.1, 0.15) is 6.10 Å². The monoisotopic (exact) mass is 382 g/mol. The van der Waals surface area contributed by atoms with E-state index in [9.17, 15) is 24.9 Å². The molecule has 0 unspecified atom stereocenters. The average Bonchev–Trinajstić information content (AvgIpc) is 2.61. The molecule has 1 heterocycles. The van der Waals surface area contributed by atoms with E-state index >= 15 is 0 Å². The summed E-state index contributed by atoms with van der Waals surface area (Å²) in [5, 5.41) is 29.7. The largest absolute Gasteiger partial charge is 0.504 e. The molecular weight excluding hydrogens is 360 g/mol. The first-order chi connectivity index (χ1) is 12.7.